The molecule has 1 unspecified atom stereocenters. The Kier molecular flexibility index (Phi) is 3.26. The van der Waals surface area contributed by atoms with Crippen LogP contribution >= 0.6 is 0 Å². The zero-order valence-electron chi connectivity index (χ0n) is 9.09. The summed E-state index contributed by atoms with van der Waals surface area (Å²) in [6, 6.07) is 0.357. The van der Waals surface area contributed by atoms with Crippen molar-refractivity contribution in [1.29, 1.82) is 0 Å². The molecular weight excluding hydrogens is 192 g/mol. The maximum Gasteiger partial charge on any atom is 0.223 e. The minimum atomic E-state index is -0.803. The van der Waals surface area contributed by atoms with Gasteiger partial charge in [0.25, 0.3) is 0 Å². The molecule has 3 N–H and O–H groups in total. The topological polar surface area (TPSA) is 61.4 Å². The second-order valence-corrected chi connectivity index (χ2v) is 4.88. The van der Waals surface area contributed by atoms with Gasteiger partial charge < -0.3 is 15.7 Å². The van der Waals surface area contributed by atoms with Crippen LogP contribution in [-0.4, -0.2) is 35.7 Å². The molecule has 1 aliphatic carbocycles. The number of rotatable bonds is 3. The van der Waals surface area contributed by atoms with Crippen molar-refractivity contribution in [1.82, 2.24) is 10.6 Å². The number of hydrogen-bond acceptors (Lipinski definition) is 3. The highest BCUT2D eigenvalue weighted by Crippen LogP contribution is 2.21. The fourth-order valence-electron chi connectivity index (χ4n) is 2.53. The Morgan fingerprint density at radius 1 is 1.47 bits per heavy atom. The van der Waals surface area contributed by atoms with Crippen molar-refractivity contribution in [2.24, 2.45) is 0 Å². The summed E-state index contributed by atoms with van der Waals surface area (Å²) in [4.78, 5) is 11.7. The minimum Gasteiger partial charge on any atom is -0.388 e. The Labute approximate surface area is 90.4 Å². The van der Waals surface area contributed by atoms with Crippen LogP contribution in [-0.2, 0) is 4.79 Å². The van der Waals surface area contributed by atoms with Gasteiger partial charge in [-0.25, -0.2) is 0 Å². The van der Waals surface area contributed by atoms with Crippen molar-refractivity contribution in [2.45, 2.75) is 50.2 Å². The number of β-amino-alcohol motifs (C(OH)–C–C–N with tert-alkyl or cyclic N) is 1. The Hall–Kier alpha value is -0.610. The van der Waals surface area contributed by atoms with E-state index in [1.165, 1.54) is 12.8 Å². The van der Waals surface area contributed by atoms with Gasteiger partial charge in [0, 0.05) is 12.6 Å². The third kappa shape index (κ3) is 2.92. The van der Waals surface area contributed by atoms with E-state index in [1.807, 2.05) is 0 Å². The van der Waals surface area contributed by atoms with E-state index in [0.29, 0.717) is 19.0 Å². The minimum absolute atomic E-state index is 0.00750. The Morgan fingerprint density at radius 3 is 2.80 bits per heavy atom. The van der Waals surface area contributed by atoms with E-state index in [1.54, 1.807) is 0 Å². The fourth-order valence-corrected chi connectivity index (χ4v) is 2.53. The number of carbonyl (C=O) groups excluding carboxylic acids is 1. The molecule has 0 bridgehead atoms. The van der Waals surface area contributed by atoms with Gasteiger partial charge in [0.15, 0.2) is 0 Å². The van der Waals surface area contributed by atoms with Gasteiger partial charge in [0.2, 0.25) is 5.91 Å². The summed E-state index contributed by atoms with van der Waals surface area (Å²) in [5.41, 5.74) is -0.803. The summed E-state index contributed by atoms with van der Waals surface area (Å²) < 4.78 is 0. The second-order valence-electron chi connectivity index (χ2n) is 4.88. The van der Waals surface area contributed by atoms with Crippen LogP contribution in [0.2, 0.25) is 0 Å². The predicted octanol–water partition coefficient (Wildman–Crippen LogP) is 0.160. The van der Waals surface area contributed by atoms with Crippen molar-refractivity contribution in [3.63, 3.8) is 0 Å². The van der Waals surface area contributed by atoms with Gasteiger partial charge in [0.05, 0.1) is 12.0 Å². The molecule has 0 spiro atoms. The van der Waals surface area contributed by atoms with Crippen LogP contribution in [0.5, 0.6) is 0 Å². The van der Waals surface area contributed by atoms with Crippen LogP contribution in [0, 0.1) is 0 Å². The van der Waals surface area contributed by atoms with E-state index >= 15 is 0 Å². The van der Waals surface area contributed by atoms with E-state index in [9.17, 15) is 9.90 Å². The van der Waals surface area contributed by atoms with Crippen molar-refractivity contribution in [3.8, 4) is 0 Å². The molecule has 1 heterocycles. The van der Waals surface area contributed by atoms with Gasteiger partial charge in [0.1, 0.15) is 0 Å². The lowest BCUT2D eigenvalue weighted by Gasteiger charge is -2.21. The molecule has 15 heavy (non-hydrogen) atoms. The Bertz CT molecular complexity index is 231. The molecule has 1 saturated heterocycles. The fraction of sp³-hybridized carbons (Fsp3) is 0.909. The van der Waals surface area contributed by atoms with E-state index in [0.717, 1.165) is 19.4 Å². The molecule has 2 rings (SSSR count). The van der Waals surface area contributed by atoms with Crippen molar-refractivity contribution >= 4 is 5.91 Å². The van der Waals surface area contributed by atoms with Gasteiger partial charge in [-0.1, -0.05) is 12.8 Å². The molecule has 1 atom stereocenters. The first-order valence-electron chi connectivity index (χ1n) is 5.90. The molecule has 86 valence electrons. The summed E-state index contributed by atoms with van der Waals surface area (Å²) in [7, 11) is 0. The van der Waals surface area contributed by atoms with E-state index in [4.69, 9.17) is 0 Å². The average Bonchev–Trinajstić information content (AvgIpc) is 2.76. The van der Waals surface area contributed by atoms with Gasteiger partial charge in [-0.2, -0.15) is 0 Å². The number of amides is 1. The average molecular weight is 212 g/mol. The van der Waals surface area contributed by atoms with Gasteiger partial charge in [-0.3, -0.25) is 4.79 Å². The molecule has 1 aliphatic heterocycles. The summed E-state index contributed by atoms with van der Waals surface area (Å²) in [6.45, 7) is 1.36. The number of carbonyl (C=O) groups is 1. The zero-order chi connectivity index (χ0) is 10.7. The molecule has 2 fully saturated rings. The first kappa shape index (κ1) is 10.9. The lowest BCUT2D eigenvalue weighted by Crippen LogP contribution is -2.41. The quantitative estimate of drug-likeness (QED) is 0.624. The van der Waals surface area contributed by atoms with Crippen molar-refractivity contribution in [2.75, 3.05) is 13.1 Å². The third-order valence-corrected chi connectivity index (χ3v) is 3.43. The molecule has 1 saturated carbocycles. The summed E-state index contributed by atoms with van der Waals surface area (Å²) in [6.07, 6.45) is 5.57. The molecule has 0 radical (unpaired) electrons. The highest BCUT2D eigenvalue weighted by molar-refractivity contribution is 5.77. The molecule has 1 amide bonds. The SMILES string of the molecule is O=C(CC1(O)CCNC1)NC1CCCC1. The predicted molar refractivity (Wildman–Crippen MR) is 57.5 cm³/mol. The monoisotopic (exact) mass is 212 g/mol. The first-order valence-corrected chi connectivity index (χ1v) is 5.90. The lowest BCUT2D eigenvalue weighted by atomic mass is 9.98. The highest BCUT2D eigenvalue weighted by Gasteiger charge is 2.34. The second kappa shape index (κ2) is 4.49. The summed E-state index contributed by atoms with van der Waals surface area (Å²) in [5.74, 6) is 0.00750. The molecule has 2 aliphatic rings. The number of hydrogen-bond donors (Lipinski definition) is 3. The molecule has 0 aromatic heterocycles. The maximum absolute atomic E-state index is 11.7. The largest absolute Gasteiger partial charge is 0.388 e. The van der Waals surface area contributed by atoms with Crippen LogP contribution in [0.4, 0.5) is 0 Å². The zero-order valence-corrected chi connectivity index (χ0v) is 9.09. The molecule has 0 aromatic carbocycles. The standard InChI is InChI=1S/C11H20N2O2/c14-10(13-9-3-1-2-4-9)7-11(15)5-6-12-8-11/h9,12,15H,1-8H2,(H,13,14). The van der Waals surface area contributed by atoms with Crippen LogP contribution in [0.15, 0.2) is 0 Å². The number of nitrogens with one attached hydrogen (secondary N) is 2. The maximum atomic E-state index is 11.7. The van der Waals surface area contributed by atoms with Crippen molar-refractivity contribution in [3.05, 3.63) is 0 Å². The van der Waals surface area contributed by atoms with Gasteiger partial charge in [-0.05, 0) is 25.8 Å². The van der Waals surface area contributed by atoms with Crippen LogP contribution in [0.3, 0.4) is 0 Å². The Balaban J connectivity index is 1.76. The summed E-state index contributed by atoms with van der Waals surface area (Å²) in [5, 5.41) is 16.1. The Morgan fingerprint density at radius 2 is 2.20 bits per heavy atom. The molecule has 0 aromatic rings. The summed E-state index contributed by atoms with van der Waals surface area (Å²) >= 11 is 0. The molecule has 4 heteroatoms. The number of aliphatic hydroxyl groups is 1. The van der Waals surface area contributed by atoms with Crippen LogP contribution < -0.4 is 10.6 Å². The molecule has 4 nitrogen and oxygen atoms in total. The smallest absolute Gasteiger partial charge is 0.223 e. The van der Waals surface area contributed by atoms with E-state index < -0.39 is 5.60 Å². The first-order chi connectivity index (χ1) is 7.18. The normalized spacial score (nSPS) is 32.1. The molecular formula is C11H20N2O2. The van der Waals surface area contributed by atoms with Gasteiger partial charge in [-0.15, -0.1) is 0 Å². The highest BCUT2D eigenvalue weighted by atomic mass is 16.3. The lowest BCUT2D eigenvalue weighted by molar-refractivity contribution is -0.126. The van der Waals surface area contributed by atoms with Crippen LogP contribution in [0.1, 0.15) is 38.5 Å². The van der Waals surface area contributed by atoms with E-state index in [2.05, 4.69) is 10.6 Å². The van der Waals surface area contributed by atoms with E-state index in [-0.39, 0.29) is 12.3 Å². The van der Waals surface area contributed by atoms with Gasteiger partial charge >= 0.3 is 0 Å². The third-order valence-electron chi connectivity index (χ3n) is 3.43. The van der Waals surface area contributed by atoms with Crippen LogP contribution in [0.25, 0.3) is 0 Å². The van der Waals surface area contributed by atoms with Crippen molar-refractivity contribution < 1.29 is 9.90 Å².